The van der Waals surface area contributed by atoms with Gasteiger partial charge in [0.05, 0.1) is 6.61 Å². The second kappa shape index (κ2) is 9.28. The molecule has 2 heterocycles. The summed E-state index contributed by atoms with van der Waals surface area (Å²) in [6.45, 7) is 3.38. The van der Waals surface area contributed by atoms with E-state index in [1.165, 1.54) is 12.1 Å². The van der Waals surface area contributed by atoms with E-state index in [0.717, 1.165) is 38.8 Å². The van der Waals surface area contributed by atoms with Gasteiger partial charge >= 0.3 is 0 Å². The van der Waals surface area contributed by atoms with Gasteiger partial charge in [-0.1, -0.05) is 12.1 Å². The van der Waals surface area contributed by atoms with Crippen LogP contribution in [0.1, 0.15) is 46.4 Å². The Balaban J connectivity index is 1.34. The minimum Gasteiger partial charge on any atom is -0.493 e. The van der Waals surface area contributed by atoms with Crippen LogP contribution in [0.3, 0.4) is 0 Å². The maximum atomic E-state index is 13.5. The highest BCUT2D eigenvalue weighted by Gasteiger charge is 2.25. The topological polar surface area (TPSA) is 49.9 Å². The van der Waals surface area contributed by atoms with Crippen molar-refractivity contribution in [2.24, 2.45) is 5.92 Å². The summed E-state index contributed by atoms with van der Waals surface area (Å²) in [6.07, 6.45) is 3.99. The van der Waals surface area contributed by atoms with E-state index in [9.17, 15) is 14.0 Å². The largest absolute Gasteiger partial charge is 0.493 e. The molecule has 2 saturated heterocycles. The van der Waals surface area contributed by atoms with Gasteiger partial charge in [0.25, 0.3) is 11.8 Å². The lowest BCUT2D eigenvalue weighted by atomic mass is 9.98. The van der Waals surface area contributed by atoms with E-state index in [1.807, 2.05) is 23.1 Å². The van der Waals surface area contributed by atoms with Crippen molar-refractivity contribution in [3.63, 3.8) is 0 Å². The van der Waals surface area contributed by atoms with Gasteiger partial charge in [0.2, 0.25) is 0 Å². The number of likely N-dealkylation sites (tertiary alicyclic amines) is 2. The van der Waals surface area contributed by atoms with Crippen molar-refractivity contribution in [3.8, 4) is 5.75 Å². The second-order valence-electron chi connectivity index (χ2n) is 8.11. The number of carbonyl (C=O) groups is 2. The number of hydrogen-bond donors (Lipinski definition) is 0. The fourth-order valence-corrected chi connectivity index (χ4v) is 4.23. The first kappa shape index (κ1) is 20.4. The molecule has 1 unspecified atom stereocenters. The van der Waals surface area contributed by atoms with Crippen LogP contribution in [0.15, 0.2) is 48.5 Å². The fourth-order valence-electron chi connectivity index (χ4n) is 4.23. The minimum absolute atomic E-state index is 0.0579. The van der Waals surface area contributed by atoms with Gasteiger partial charge in [0.1, 0.15) is 11.6 Å². The molecule has 2 aromatic carbocycles. The normalized spacial score (nSPS) is 19.0. The Morgan fingerprint density at radius 3 is 2.33 bits per heavy atom. The molecule has 2 aromatic rings. The summed E-state index contributed by atoms with van der Waals surface area (Å²) < 4.78 is 19.4. The highest BCUT2D eigenvalue weighted by molar-refractivity contribution is 5.95. The number of piperidine rings is 1. The number of carbonyl (C=O) groups excluding carboxylic acids is 2. The molecule has 30 heavy (non-hydrogen) atoms. The van der Waals surface area contributed by atoms with E-state index in [-0.39, 0.29) is 17.7 Å². The van der Waals surface area contributed by atoms with Crippen molar-refractivity contribution in [2.45, 2.75) is 25.7 Å². The third-order valence-electron chi connectivity index (χ3n) is 5.84. The Morgan fingerprint density at radius 1 is 0.900 bits per heavy atom. The number of hydrogen-bond acceptors (Lipinski definition) is 3. The molecule has 0 saturated carbocycles. The molecule has 2 amide bonds. The molecule has 4 rings (SSSR count). The Morgan fingerprint density at radius 2 is 1.57 bits per heavy atom. The summed E-state index contributed by atoms with van der Waals surface area (Å²) in [5, 5.41) is 0. The Bertz CT molecular complexity index is 911. The van der Waals surface area contributed by atoms with Gasteiger partial charge in [-0.3, -0.25) is 9.59 Å². The standard InChI is InChI=1S/C24H27FN2O3/c25-21-9-3-7-19(14-21)24(29)27-13-5-6-18(16-27)17-30-22-10-4-8-20(15-22)23(28)26-11-1-2-12-26/h3-4,7-10,14-15,18H,1-2,5-6,11-13,16-17H2. The molecule has 0 bridgehead atoms. The van der Waals surface area contributed by atoms with Gasteiger partial charge in [-0.15, -0.1) is 0 Å². The van der Waals surface area contributed by atoms with Gasteiger partial charge < -0.3 is 14.5 Å². The van der Waals surface area contributed by atoms with Gasteiger partial charge in [-0.2, -0.15) is 0 Å². The number of benzene rings is 2. The molecular formula is C24H27FN2O3. The SMILES string of the molecule is O=C(c1cccc(OCC2CCCN(C(=O)c3cccc(F)c3)C2)c1)N1CCCC1. The molecule has 0 aliphatic carbocycles. The van der Waals surface area contributed by atoms with Crippen LogP contribution in [0.25, 0.3) is 0 Å². The molecule has 1 atom stereocenters. The van der Waals surface area contributed by atoms with E-state index < -0.39 is 5.82 Å². The Kier molecular flexibility index (Phi) is 6.31. The number of amides is 2. The van der Waals surface area contributed by atoms with E-state index >= 15 is 0 Å². The molecule has 0 aromatic heterocycles. The smallest absolute Gasteiger partial charge is 0.253 e. The van der Waals surface area contributed by atoms with E-state index in [2.05, 4.69) is 0 Å². The first-order valence-corrected chi connectivity index (χ1v) is 10.7. The zero-order valence-electron chi connectivity index (χ0n) is 17.1. The summed E-state index contributed by atoms with van der Waals surface area (Å²) in [6, 6.07) is 13.2. The average Bonchev–Trinajstić information content (AvgIpc) is 3.32. The van der Waals surface area contributed by atoms with Crippen molar-refractivity contribution in [1.82, 2.24) is 9.80 Å². The maximum absolute atomic E-state index is 13.5. The van der Waals surface area contributed by atoms with E-state index in [4.69, 9.17) is 4.74 Å². The lowest BCUT2D eigenvalue weighted by Crippen LogP contribution is -2.41. The van der Waals surface area contributed by atoms with Crippen molar-refractivity contribution < 1.29 is 18.7 Å². The molecule has 2 aliphatic rings. The zero-order chi connectivity index (χ0) is 20.9. The fraction of sp³-hybridized carbons (Fsp3) is 0.417. The molecule has 0 spiro atoms. The molecule has 0 radical (unpaired) electrons. The predicted octanol–water partition coefficient (Wildman–Crippen LogP) is 3.99. The predicted molar refractivity (Wildman–Crippen MR) is 112 cm³/mol. The van der Waals surface area contributed by atoms with E-state index in [1.54, 1.807) is 23.1 Å². The van der Waals surface area contributed by atoms with Crippen LogP contribution in [0, 0.1) is 11.7 Å². The highest BCUT2D eigenvalue weighted by atomic mass is 19.1. The zero-order valence-corrected chi connectivity index (χ0v) is 17.1. The third-order valence-corrected chi connectivity index (χ3v) is 5.84. The number of nitrogens with zero attached hydrogens (tertiary/aromatic N) is 2. The van der Waals surface area contributed by atoms with Gasteiger partial charge in [-0.05, 0) is 62.1 Å². The van der Waals surface area contributed by atoms with Crippen LogP contribution < -0.4 is 4.74 Å². The van der Waals surface area contributed by atoms with Crippen molar-refractivity contribution in [1.29, 1.82) is 0 Å². The van der Waals surface area contributed by atoms with Crippen LogP contribution in [0.5, 0.6) is 5.75 Å². The van der Waals surface area contributed by atoms with Crippen LogP contribution >= 0.6 is 0 Å². The number of halogens is 1. The van der Waals surface area contributed by atoms with Crippen molar-refractivity contribution in [2.75, 3.05) is 32.8 Å². The van der Waals surface area contributed by atoms with E-state index in [0.29, 0.717) is 36.6 Å². The molecule has 2 fully saturated rings. The van der Waals surface area contributed by atoms with Crippen molar-refractivity contribution in [3.05, 3.63) is 65.5 Å². The Labute approximate surface area is 176 Å². The molecule has 158 valence electrons. The Hall–Kier alpha value is -2.89. The highest BCUT2D eigenvalue weighted by Crippen LogP contribution is 2.22. The van der Waals surface area contributed by atoms with Crippen molar-refractivity contribution >= 4 is 11.8 Å². The first-order valence-electron chi connectivity index (χ1n) is 10.7. The summed E-state index contributed by atoms with van der Waals surface area (Å²) >= 11 is 0. The average molecular weight is 410 g/mol. The van der Waals surface area contributed by atoms with Gasteiger partial charge in [0.15, 0.2) is 0 Å². The number of rotatable bonds is 5. The third kappa shape index (κ3) is 4.81. The summed E-state index contributed by atoms with van der Waals surface area (Å²) in [7, 11) is 0. The monoisotopic (exact) mass is 410 g/mol. The lowest BCUT2D eigenvalue weighted by molar-refractivity contribution is 0.0632. The summed E-state index contributed by atoms with van der Waals surface area (Å²) in [5.41, 5.74) is 1.03. The molecular weight excluding hydrogens is 383 g/mol. The van der Waals surface area contributed by atoms with Gasteiger partial charge in [-0.25, -0.2) is 4.39 Å². The van der Waals surface area contributed by atoms with Gasteiger partial charge in [0, 0.05) is 43.2 Å². The lowest BCUT2D eigenvalue weighted by Gasteiger charge is -2.32. The maximum Gasteiger partial charge on any atom is 0.253 e. The van der Waals surface area contributed by atoms with Crippen LogP contribution in [-0.2, 0) is 0 Å². The quantitative estimate of drug-likeness (QED) is 0.749. The first-order chi connectivity index (χ1) is 14.6. The number of ether oxygens (including phenoxy) is 1. The summed E-state index contributed by atoms with van der Waals surface area (Å²) in [5.74, 6) is 0.392. The van der Waals surface area contributed by atoms with Crippen LogP contribution in [0.2, 0.25) is 0 Å². The molecule has 6 heteroatoms. The second-order valence-corrected chi connectivity index (χ2v) is 8.11. The molecule has 2 aliphatic heterocycles. The molecule has 0 N–H and O–H groups in total. The van der Waals surface area contributed by atoms with Crippen LogP contribution in [0.4, 0.5) is 4.39 Å². The molecule has 5 nitrogen and oxygen atoms in total. The van der Waals surface area contributed by atoms with Crippen LogP contribution in [-0.4, -0.2) is 54.4 Å². The summed E-state index contributed by atoms with van der Waals surface area (Å²) in [4.78, 5) is 28.9. The minimum atomic E-state index is -0.402.